The summed E-state index contributed by atoms with van der Waals surface area (Å²) in [5, 5.41) is 15.3. The Morgan fingerprint density at radius 3 is 2.71 bits per heavy atom. The van der Waals surface area contributed by atoms with Gasteiger partial charge in [-0.25, -0.2) is 4.39 Å². The second-order valence-electron chi connectivity index (χ2n) is 7.28. The van der Waals surface area contributed by atoms with Crippen LogP contribution >= 0.6 is 0 Å². The summed E-state index contributed by atoms with van der Waals surface area (Å²) in [6.45, 7) is 4.55. The molecule has 0 fully saturated rings. The smallest absolute Gasteiger partial charge is 0.260 e. The average molecular weight is 465 g/mol. The molecule has 0 radical (unpaired) electrons. The summed E-state index contributed by atoms with van der Waals surface area (Å²) in [7, 11) is 0. The number of carbonyl (C=O) groups excluding carboxylic acids is 1. The highest BCUT2D eigenvalue weighted by atomic mass is 19.1. The van der Waals surface area contributed by atoms with Gasteiger partial charge in [-0.2, -0.15) is 4.52 Å². The van der Waals surface area contributed by atoms with Crippen molar-refractivity contribution in [3.05, 3.63) is 66.5 Å². The first-order chi connectivity index (χ1) is 16.5. The van der Waals surface area contributed by atoms with E-state index in [0.717, 1.165) is 0 Å². The molecule has 4 rings (SSSR count). The summed E-state index contributed by atoms with van der Waals surface area (Å²) < 4.78 is 31.9. The number of nitrogens with zero attached hydrogens (tertiary/aromatic N) is 4. The lowest BCUT2D eigenvalue weighted by molar-refractivity contribution is -0.127. The van der Waals surface area contributed by atoms with Crippen molar-refractivity contribution in [1.29, 1.82) is 0 Å². The van der Waals surface area contributed by atoms with Crippen molar-refractivity contribution in [1.82, 2.24) is 25.1 Å². The van der Waals surface area contributed by atoms with Crippen LogP contribution in [0.5, 0.6) is 17.4 Å². The molecule has 0 aliphatic rings. The lowest BCUT2D eigenvalue weighted by Gasteiger charge is -2.15. The predicted molar refractivity (Wildman–Crippen MR) is 122 cm³/mol. The highest BCUT2D eigenvalue weighted by Crippen LogP contribution is 2.21. The summed E-state index contributed by atoms with van der Waals surface area (Å²) in [4.78, 5) is 12.3. The Labute approximate surface area is 195 Å². The Bertz CT molecular complexity index is 1280. The Balaban J connectivity index is 1.30. The van der Waals surface area contributed by atoms with Crippen LogP contribution < -0.4 is 19.5 Å². The molecule has 0 aliphatic heterocycles. The van der Waals surface area contributed by atoms with Gasteiger partial charge in [-0.1, -0.05) is 18.2 Å². The number of ether oxygens (including phenoxy) is 3. The van der Waals surface area contributed by atoms with E-state index in [2.05, 4.69) is 20.6 Å². The van der Waals surface area contributed by atoms with E-state index in [-0.39, 0.29) is 24.9 Å². The van der Waals surface area contributed by atoms with E-state index in [9.17, 15) is 9.18 Å². The summed E-state index contributed by atoms with van der Waals surface area (Å²) in [6.07, 6.45) is -0.697. The third kappa shape index (κ3) is 5.58. The van der Waals surface area contributed by atoms with Gasteiger partial charge in [-0.15, -0.1) is 15.3 Å². The number of carbonyl (C=O) groups is 1. The number of aromatic nitrogens is 4. The second-order valence-corrected chi connectivity index (χ2v) is 7.28. The molecule has 2 aromatic carbocycles. The van der Waals surface area contributed by atoms with Crippen LogP contribution in [0.4, 0.5) is 4.39 Å². The predicted octanol–water partition coefficient (Wildman–Crippen LogP) is 3.29. The SMILES string of the molecule is CCOc1cccc(OC(C)C(=O)NCCOc2ccc3nnc(-c4cccc(F)c4)n3n2)c1. The molecule has 10 heteroatoms. The van der Waals surface area contributed by atoms with Crippen molar-refractivity contribution >= 4 is 11.6 Å². The second kappa shape index (κ2) is 10.6. The lowest BCUT2D eigenvalue weighted by Crippen LogP contribution is -2.38. The third-order valence-electron chi connectivity index (χ3n) is 4.77. The highest BCUT2D eigenvalue weighted by molar-refractivity contribution is 5.80. The Morgan fingerprint density at radius 2 is 1.88 bits per heavy atom. The van der Waals surface area contributed by atoms with E-state index in [4.69, 9.17) is 14.2 Å². The molecule has 1 atom stereocenters. The zero-order chi connectivity index (χ0) is 23.9. The summed E-state index contributed by atoms with van der Waals surface area (Å²) in [6, 6.07) is 16.5. The molecule has 0 saturated heterocycles. The zero-order valence-corrected chi connectivity index (χ0v) is 18.8. The molecule has 9 nitrogen and oxygen atoms in total. The highest BCUT2D eigenvalue weighted by Gasteiger charge is 2.15. The molecule has 0 bridgehead atoms. The minimum absolute atomic E-state index is 0.189. The fraction of sp³-hybridized carbons (Fsp3) is 0.250. The zero-order valence-electron chi connectivity index (χ0n) is 18.8. The maximum Gasteiger partial charge on any atom is 0.260 e. The van der Waals surface area contributed by atoms with Crippen LogP contribution in [0, 0.1) is 5.82 Å². The fourth-order valence-corrected chi connectivity index (χ4v) is 3.19. The van der Waals surface area contributed by atoms with E-state index in [1.807, 2.05) is 13.0 Å². The van der Waals surface area contributed by atoms with Crippen molar-refractivity contribution in [2.24, 2.45) is 0 Å². The van der Waals surface area contributed by atoms with Crippen molar-refractivity contribution in [2.45, 2.75) is 20.0 Å². The molecule has 2 aromatic heterocycles. The van der Waals surface area contributed by atoms with E-state index in [0.29, 0.717) is 41.0 Å². The van der Waals surface area contributed by atoms with Crippen LogP contribution in [0.15, 0.2) is 60.7 Å². The molecule has 1 amide bonds. The number of nitrogens with one attached hydrogen (secondary N) is 1. The van der Waals surface area contributed by atoms with E-state index >= 15 is 0 Å². The van der Waals surface area contributed by atoms with Gasteiger partial charge >= 0.3 is 0 Å². The normalized spacial score (nSPS) is 11.7. The molecule has 4 aromatic rings. The van der Waals surface area contributed by atoms with E-state index < -0.39 is 6.10 Å². The number of benzene rings is 2. The first-order valence-electron chi connectivity index (χ1n) is 10.8. The quantitative estimate of drug-likeness (QED) is 0.359. The van der Waals surface area contributed by atoms with Crippen LogP contribution in [0.3, 0.4) is 0 Å². The summed E-state index contributed by atoms with van der Waals surface area (Å²) >= 11 is 0. The topological polar surface area (TPSA) is 99.9 Å². The molecule has 34 heavy (non-hydrogen) atoms. The Morgan fingerprint density at radius 1 is 1.06 bits per heavy atom. The van der Waals surface area contributed by atoms with Crippen molar-refractivity contribution in [2.75, 3.05) is 19.8 Å². The minimum atomic E-state index is -0.697. The van der Waals surface area contributed by atoms with E-state index in [1.54, 1.807) is 49.4 Å². The van der Waals surface area contributed by atoms with Gasteiger partial charge in [-0.05, 0) is 44.2 Å². The van der Waals surface area contributed by atoms with Gasteiger partial charge in [-0.3, -0.25) is 4.79 Å². The maximum absolute atomic E-state index is 13.6. The standard InChI is InChI=1S/C24H24FN5O4/c1-3-32-19-8-5-9-20(15-19)34-16(2)24(31)26-12-13-33-22-11-10-21-27-28-23(30(21)29-22)17-6-4-7-18(25)14-17/h4-11,14-16H,3,12-13H2,1-2H3,(H,26,31). The van der Waals surface area contributed by atoms with Crippen LogP contribution in [0.25, 0.3) is 17.0 Å². The number of rotatable bonds is 10. The number of fused-ring (bicyclic) bond motifs is 1. The average Bonchev–Trinajstić information content (AvgIpc) is 3.25. The molecular weight excluding hydrogens is 441 g/mol. The van der Waals surface area contributed by atoms with Gasteiger partial charge in [0.15, 0.2) is 17.6 Å². The molecular formula is C24H24FN5O4. The van der Waals surface area contributed by atoms with Gasteiger partial charge in [0.05, 0.1) is 13.2 Å². The minimum Gasteiger partial charge on any atom is -0.494 e. The van der Waals surface area contributed by atoms with Crippen molar-refractivity contribution < 1.29 is 23.4 Å². The number of amides is 1. The third-order valence-corrected chi connectivity index (χ3v) is 4.77. The number of halogens is 1. The first kappa shape index (κ1) is 23.0. The van der Waals surface area contributed by atoms with E-state index in [1.165, 1.54) is 16.6 Å². The van der Waals surface area contributed by atoms with Crippen LogP contribution in [0.2, 0.25) is 0 Å². The van der Waals surface area contributed by atoms with Gasteiger partial charge in [0.1, 0.15) is 23.9 Å². The molecule has 0 saturated carbocycles. The molecule has 0 aliphatic carbocycles. The molecule has 1 N–H and O–H groups in total. The molecule has 1 unspecified atom stereocenters. The Kier molecular flexibility index (Phi) is 7.16. The number of hydrogen-bond acceptors (Lipinski definition) is 7. The van der Waals surface area contributed by atoms with Crippen LogP contribution in [-0.2, 0) is 4.79 Å². The lowest BCUT2D eigenvalue weighted by atomic mass is 10.2. The van der Waals surface area contributed by atoms with Gasteiger partial charge in [0.25, 0.3) is 5.91 Å². The maximum atomic E-state index is 13.6. The largest absolute Gasteiger partial charge is 0.494 e. The van der Waals surface area contributed by atoms with Crippen molar-refractivity contribution in [3.8, 4) is 28.8 Å². The first-order valence-corrected chi connectivity index (χ1v) is 10.8. The van der Waals surface area contributed by atoms with Crippen LogP contribution in [-0.4, -0.2) is 51.6 Å². The van der Waals surface area contributed by atoms with Gasteiger partial charge < -0.3 is 19.5 Å². The summed E-state index contributed by atoms with van der Waals surface area (Å²) in [5.74, 6) is 1.28. The van der Waals surface area contributed by atoms with Gasteiger partial charge in [0.2, 0.25) is 5.88 Å². The molecule has 2 heterocycles. The Hall–Kier alpha value is -4.21. The van der Waals surface area contributed by atoms with Crippen LogP contribution in [0.1, 0.15) is 13.8 Å². The fourth-order valence-electron chi connectivity index (χ4n) is 3.19. The monoisotopic (exact) mass is 465 g/mol. The molecule has 176 valence electrons. The number of hydrogen-bond donors (Lipinski definition) is 1. The van der Waals surface area contributed by atoms with Crippen molar-refractivity contribution in [3.63, 3.8) is 0 Å². The summed E-state index contributed by atoms with van der Waals surface area (Å²) in [5.41, 5.74) is 1.05. The van der Waals surface area contributed by atoms with Gasteiger partial charge in [0, 0.05) is 17.7 Å². The molecule has 0 spiro atoms.